The predicted octanol–water partition coefficient (Wildman–Crippen LogP) is 3.35. The van der Waals surface area contributed by atoms with Crippen molar-refractivity contribution >= 4 is 32.7 Å². The molecule has 0 fully saturated rings. The third kappa shape index (κ3) is 2.91. The molecule has 0 atom stereocenters. The number of ether oxygens (including phenoxy) is 2. The minimum absolute atomic E-state index is 0.236. The van der Waals surface area contributed by atoms with Crippen LogP contribution in [0.4, 0.5) is 9.93 Å². The number of benzene rings is 2. The summed E-state index contributed by atoms with van der Waals surface area (Å²) in [7, 11) is 0. The number of hydrogen-bond donors (Lipinski definition) is 2. The number of amides is 2. The number of aromatic nitrogens is 1. The summed E-state index contributed by atoms with van der Waals surface area (Å²) >= 11 is 1.39. The van der Waals surface area contributed by atoms with E-state index < -0.39 is 0 Å². The lowest BCUT2D eigenvalue weighted by atomic mass is 10.2. The number of carbonyl (C=O) groups excluding carboxylic acids is 1. The van der Waals surface area contributed by atoms with E-state index in [4.69, 9.17) is 9.47 Å². The summed E-state index contributed by atoms with van der Waals surface area (Å²) in [5.41, 5.74) is 1.82. The topological polar surface area (TPSA) is 72.5 Å². The summed E-state index contributed by atoms with van der Waals surface area (Å²) in [6, 6.07) is 13.1. The summed E-state index contributed by atoms with van der Waals surface area (Å²) in [6.07, 6.45) is 0. The van der Waals surface area contributed by atoms with Gasteiger partial charge in [-0.1, -0.05) is 41.7 Å². The Bertz CT molecular complexity index is 823. The summed E-state index contributed by atoms with van der Waals surface area (Å²) in [5.74, 6) is 1.39. The third-order valence-electron chi connectivity index (χ3n) is 3.40. The Labute approximate surface area is 136 Å². The minimum atomic E-state index is -0.284. The van der Waals surface area contributed by atoms with Crippen LogP contribution in [0.3, 0.4) is 0 Å². The number of anilines is 1. The first-order valence-corrected chi connectivity index (χ1v) is 7.88. The van der Waals surface area contributed by atoms with E-state index in [2.05, 4.69) is 15.6 Å². The number of rotatable bonds is 3. The SMILES string of the molecule is O=C(NCc1ccccc1)Nc1nc2cc3c(cc2s1)OCO3. The van der Waals surface area contributed by atoms with Crippen molar-refractivity contribution in [2.24, 2.45) is 0 Å². The Morgan fingerprint density at radius 2 is 1.96 bits per heavy atom. The fourth-order valence-electron chi connectivity index (χ4n) is 2.29. The fourth-order valence-corrected chi connectivity index (χ4v) is 3.16. The highest BCUT2D eigenvalue weighted by Gasteiger charge is 2.17. The van der Waals surface area contributed by atoms with Crippen LogP contribution >= 0.6 is 11.3 Å². The molecule has 2 amide bonds. The largest absolute Gasteiger partial charge is 0.454 e. The second kappa shape index (κ2) is 5.77. The molecule has 23 heavy (non-hydrogen) atoms. The van der Waals surface area contributed by atoms with E-state index >= 15 is 0 Å². The Morgan fingerprint density at radius 1 is 1.17 bits per heavy atom. The first-order chi connectivity index (χ1) is 11.3. The Hall–Kier alpha value is -2.80. The van der Waals surface area contributed by atoms with Gasteiger partial charge < -0.3 is 14.8 Å². The van der Waals surface area contributed by atoms with E-state index in [1.165, 1.54) is 11.3 Å². The molecule has 6 nitrogen and oxygen atoms in total. The van der Waals surface area contributed by atoms with Crippen molar-refractivity contribution in [3.8, 4) is 11.5 Å². The molecule has 1 aliphatic heterocycles. The van der Waals surface area contributed by atoms with E-state index in [9.17, 15) is 4.79 Å². The van der Waals surface area contributed by atoms with Gasteiger partial charge in [0.2, 0.25) is 6.79 Å². The number of hydrogen-bond acceptors (Lipinski definition) is 5. The highest BCUT2D eigenvalue weighted by Crippen LogP contribution is 2.38. The number of urea groups is 1. The average molecular weight is 327 g/mol. The molecule has 4 rings (SSSR count). The van der Waals surface area contributed by atoms with Crippen molar-refractivity contribution in [2.45, 2.75) is 6.54 Å². The predicted molar refractivity (Wildman–Crippen MR) is 88.0 cm³/mol. The molecule has 116 valence electrons. The molecule has 2 N–H and O–H groups in total. The van der Waals surface area contributed by atoms with Crippen molar-refractivity contribution in [3.63, 3.8) is 0 Å². The molecule has 0 unspecified atom stereocenters. The molecule has 0 saturated carbocycles. The average Bonchev–Trinajstić information content (AvgIpc) is 3.16. The molecule has 3 aromatic rings. The van der Waals surface area contributed by atoms with E-state index in [0.717, 1.165) is 15.8 Å². The first-order valence-electron chi connectivity index (χ1n) is 7.07. The maximum atomic E-state index is 12.0. The number of nitrogens with zero attached hydrogens (tertiary/aromatic N) is 1. The van der Waals surface area contributed by atoms with Crippen molar-refractivity contribution in [1.29, 1.82) is 0 Å². The van der Waals surface area contributed by atoms with E-state index in [1.54, 1.807) is 0 Å². The van der Waals surface area contributed by atoms with Gasteiger partial charge in [-0.15, -0.1) is 0 Å². The normalized spacial score (nSPS) is 12.3. The molecular formula is C16H13N3O3S. The maximum absolute atomic E-state index is 12.0. The standard InChI is InChI=1S/C16H13N3O3S/c20-15(17-8-10-4-2-1-3-5-10)19-16-18-11-6-12-13(22-9-21-12)7-14(11)23-16/h1-7H,8-9H2,(H2,17,18,19,20). The molecule has 0 spiro atoms. The van der Waals surface area contributed by atoms with Gasteiger partial charge in [0.05, 0.1) is 10.2 Å². The van der Waals surface area contributed by atoms with Crippen molar-refractivity contribution < 1.29 is 14.3 Å². The van der Waals surface area contributed by atoms with Crippen LogP contribution in [0.25, 0.3) is 10.2 Å². The molecule has 0 saturated heterocycles. The summed E-state index contributed by atoms with van der Waals surface area (Å²) in [6.45, 7) is 0.702. The molecule has 0 aliphatic carbocycles. The van der Waals surface area contributed by atoms with Crippen LogP contribution in [-0.2, 0) is 6.54 Å². The quantitative estimate of drug-likeness (QED) is 0.774. The number of thiazole rings is 1. The highest BCUT2D eigenvalue weighted by atomic mass is 32.1. The summed E-state index contributed by atoms with van der Waals surface area (Å²) < 4.78 is 11.6. The Morgan fingerprint density at radius 3 is 2.78 bits per heavy atom. The van der Waals surface area contributed by atoms with Gasteiger partial charge in [0.1, 0.15) is 0 Å². The molecule has 1 aliphatic rings. The van der Waals surface area contributed by atoms with Crippen LogP contribution < -0.4 is 20.1 Å². The van der Waals surface area contributed by atoms with Gasteiger partial charge in [-0.05, 0) is 5.56 Å². The highest BCUT2D eigenvalue weighted by molar-refractivity contribution is 7.22. The van der Waals surface area contributed by atoms with Crippen LogP contribution in [0, 0.1) is 0 Å². The third-order valence-corrected chi connectivity index (χ3v) is 4.33. The number of carbonyl (C=O) groups is 1. The Kier molecular flexibility index (Phi) is 3.47. The summed E-state index contributed by atoms with van der Waals surface area (Å²) in [4.78, 5) is 16.4. The van der Waals surface area contributed by atoms with Crippen LogP contribution in [0.5, 0.6) is 11.5 Å². The van der Waals surface area contributed by atoms with Crippen LogP contribution in [-0.4, -0.2) is 17.8 Å². The molecular weight excluding hydrogens is 314 g/mol. The minimum Gasteiger partial charge on any atom is -0.454 e. The first kappa shape index (κ1) is 13.8. The molecule has 0 bridgehead atoms. The smallest absolute Gasteiger partial charge is 0.321 e. The van der Waals surface area contributed by atoms with Gasteiger partial charge in [0.15, 0.2) is 16.6 Å². The lowest BCUT2D eigenvalue weighted by Gasteiger charge is -2.04. The van der Waals surface area contributed by atoms with Crippen LogP contribution in [0.15, 0.2) is 42.5 Å². The van der Waals surface area contributed by atoms with Gasteiger partial charge in [-0.2, -0.15) is 0 Å². The number of fused-ring (bicyclic) bond motifs is 2. The maximum Gasteiger partial charge on any atom is 0.321 e. The van der Waals surface area contributed by atoms with E-state index in [1.807, 2.05) is 42.5 Å². The second-order valence-electron chi connectivity index (χ2n) is 4.99. The molecule has 0 radical (unpaired) electrons. The van der Waals surface area contributed by atoms with Crippen molar-refractivity contribution in [1.82, 2.24) is 10.3 Å². The number of nitrogens with one attached hydrogen (secondary N) is 2. The molecule has 1 aromatic heterocycles. The fraction of sp³-hybridized carbons (Fsp3) is 0.125. The van der Waals surface area contributed by atoms with Crippen molar-refractivity contribution in [2.75, 3.05) is 12.1 Å². The monoisotopic (exact) mass is 327 g/mol. The van der Waals surface area contributed by atoms with Crippen molar-refractivity contribution in [3.05, 3.63) is 48.0 Å². The van der Waals surface area contributed by atoms with E-state index in [-0.39, 0.29) is 12.8 Å². The van der Waals surface area contributed by atoms with Crippen LogP contribution in [0.2, 0.25) is 0 Å². The zero-order chi connectivity index (χ0) is 15.6. The molecule has 7 heteroatoms. The second-order valence-corrected chi connectivity index (χ2v) is 6.02. The summed E-state index contributed by atoms with van der Waals surface area (Å²) in [5, 5.41) is 6.09. The zero-order valence-corrected chi connectivity index (χ0v) is 12.9. The lowest BCUT2D eigenvalue weighted by molar-refractivity contribution is 0.174. The molecule has 2 heterocycles. The van der Waals surface area contributed by atoms with Gasteiger partial charge in [-0.25, -0.2) is 9.78 Å². The van der Waals surface area contributed by atoms with Gasteiger partial charge >= 0.3 is 6.03 Å². The zero-order valence-electron chi connectivity index (χ0n) is 12.0. The van der Waals surface area contributed by atoms with E-state index in [0.29, 0.717) is 23.2 Å². The van der Waals surface area contributed by atoms with Crippen LogP contribution in [0.1, 0.15) is 5.56 Å². The molecule has 2 aromatic carbocycles. The lowest BCUT2D eigenvalue weighted by Crippen LogP contribution is -2.28. The van der Waals surface area contributed by atoms with Gasteiger partial charge in [-0.3, -0.25) is 5.32 Å². The van der Waals surface area contributed by atoms with Gasteiger partial charge in [0.25, 0.3) is 0 Å². The van der Waals surface area contributed by atoms with Gasteiger partial charge in [0, 0.05) is 18.7 Å². The Balaban J connectivity index is 1.44.